The van der Waals surface area contributed by atoms with Gasteiger partial charge in [0, 0.05) is 0 Å². The maximum absolute atomic E-state index is 13.4. The predicted octanol–water partition coefficient (Wildman–Crippen LogP) is 2.11. The van der Waals surface area contributed by atoms with Crippen LogP contribution < -0.4 is 15.6 Å². The molecule has 2 aromatic carbocycles. The first-order valence-corrected chi connectivity index (χ1v) is 6.69. The quantitative estimate of drug-likeness (QED) is 0.848. The zero-order valence-corrected chi connectivity index (χ0v) is 12.2. The van der Waals surface area contributed by atoms with Crippen molar-refractivity contribution < 1.29 is 23.1 Å². The number of aryl methyl sites for hydroxylation is 1. The Kier molecular flexibility index (Phi) is 5.24. The van der Waals surface area contributed by atoms with Crippen LogP contribution >= 0.6 is 0 Å². The zero-order chi connectivity index (χ0) is 16.8. The number of nitrogens with one attached hydrogen (secondary N) is 2. The second-order valence-electron chi connectivity index (χ2n) is 4.73. The lowest BCUT2D eigenvalue weighted by atomic mass is 10.2. The van der Waals surface area contributed by atoms with Crippen LogP contribution in [-0.4, -0.2) is 18.4 Å². The molecule has 0 bridgehead atoms. The van der Waals surface area contributed by atoms with Gasteiger partial charge in [-0.25, -0.2) is 8.78 Å². The van der Waals surface area contributed by atoms with Gasteiger partial charge in [0.2, 0.25) is 0 Å². The number of carbonyl (C=O) groups excluding carboxylic acids is 2. The second kappa shape index (κ2) is 7.35. The van der Waals surface area contributed by atoms with Crippen molar-refractivity contribution in [2.24, 2.45) is 0 Å². The van der Waals surface area contributed by atoms with Crippen LogP contribution in [0.15, 0.2) is 42.5 Å². The number of halogens is 2. The van der Waals surface area contributed by atoms with Gasteiger partial charge in [0.05, 0.1) is 5.56 Å². The standard InChI is InChI=1S/C16H14F2N2O3/c1-10-3-2-4-12(7-10)23-9-15(21)19-20-16(22)13-8-11(17)5-6-14(13)18/h2-8H,9H2,1H3,(H,19,21)(H,20,22). The lowest BCUT2D eigenvalue weighted by Crippen LogP contribution is -2.44. The average Bonchev–Trinajstić information content (AvgIpc) is 2.53. The molecule has 0 heterocycles. The highest BCUT2D eigenvalue weighted by Crippen LogP contribution is 2.12. The Hall–Kier alpha value is -2.96. The molecule has 0 unspecified atom stereocenters. The molecule has 5 nitrogen and oxygen atoms in total. The summed E-state index contributed by atoms with van der Waals surface area (Å²) in [5, 5.41) is 0. The van der Waals surface area contributed by atoms with Gasteiger partial charge in [0.1, 0.15) is 17.4 Å². The summed E-state index contributed by atoms with van der Waals surface area (Å²) in [6.07, 6.45) is 0. The Bertz CT molecular complexity index is 735. The SMILES string of the molecule is Cc1cccc(OCC(=O)NNC(=O)c2cc(F)ccc2F)c1. The van der Waals surface area contributed by atoms with Crippen LogP contribution in [0.1, 0.15) is 15.9 Å². The summed E-state index contributed by atoms with van der Waals surface area (Å²) in [5.41, 5.74) is 4.51. The zero-order valence-electron chi connectivity index (χ0n) is 12.2. The number of hydrogen-bond donors (Lipinski definition) is 2. The van der Waals surface area contributed by atoms with Crippen LogP contribution in [0.5, 0.6) is 5.75 Å². The molecule has 0 spiro atoms. The summed E-state index contributed by atoms with van der Waals surface area (Å²) in [7, 11) is 0. The largest absolute Gasteiger partial charge is 0.484 e. The third-order valence-corrected chi connectivity index (χ3v) is 2.85. The Balaban J connectivity index is 1.84. The lowest BCUT2D eigenvalue weighted by Gasteiger charge is -2.09. The van der Waals surface area contributed by atoms with Crippen LogP contribution in [0.3, 0.4) is 0 Å². The highest BCUT2D eigenvalue weighted by atomic mass is 19.1. The summed E-state index contributed by atoms with van der Waals surface area (Å²) < 4.78 is 31.6. The van der Waals surface area contributed by atoms with Gasteiger partial charge in [-0.2, -0.15) is 0 Å². The maximum Gasteiger partial charge on any atom is 0.276 e. The van der Waals surface area contributed by atoms with E-state index in [1.807, 2.05) is 18.4 Å². The number of hydrazine groups is 1. The van der Waals surface area contributed by atoms with E-state index in [4.69, 9.17) is 4.74 Å². The molecule has 0 aliphatic rings. The van der Waals surface area contributed by atoms with E-state index in [-0.39, 0.29) is 6.61 Å². The molecule has 0 aromatic heterocycles. The lowest BCUT2D eigenvalue weighted by molar-refractivity contribution is -0.123. The number of carbonyl (C=O) groups is 2. The molecule has 2 rings (SSSR count). The molecular weight excluding hydrogens is 306 g/mol. The number of benzene rings is 2. The molecule has 7 heteroatoms. The molecule has 2 aromatic rings. The molecule has 0 saturated carbocycles. The Morgan fingerprint density at radius 3 is 2.61 bits per heavy atom. The smallest absolute Gasteiger partial charge is 0.276 e. The van der Waals surface area contributed by atoms with Crippen LogP contribution in [-0.2, 0) is 4.79 Å². The third-order valence-electron chi connectivity index (χ3n) is 2.85. The summed E-state index contributed by atoms with van der Waals surface area (Å²) in [6, 6.07) is 9.53. The Morgan fingerprint density at radius 1 is 1.09 bits per heavy atom. The van der Waals surface area contributed by atoms with Gasteiger partial charge in [-0.15, -0.1) is 0 Å². The molecule has 23 heavy (non-hydrogen) atoms. The molecule has 0 atom stereocenters. The minimum absolute atomic E-state index is 0.338. The van der Waals surface area contributed by atoms with Gasteiger partial charge in [-0.3, -0.25) is 20.4 Å². The summed E-state index contributed by atoms with van der Waals surface area (Å²) in [6.45, 7) is 1.54. The van der Waals surface area contributed by atoms with Gasteiger partial charge in [-0.05, 0) is 42.8 Å². The van der Waals surface area contributed by atoms with Crippen molar-refractivity contribution in [2.45, 2.75) is 6.92 Å². The third kappa shape index (κ3) is 4.77. The van der Waals surface area contributed by atoms with Crippen molar-refractivity contribution in [3.05, 3.63) is 65.2 Å². The molecule has 120 valence electrons. The molecule has 0 aliphatic heterocycles. The van der Waals surface area contributed by atoms with E-state index < -0.39 is 29.0 Å². The monoisotopic (exact) mass is 320 g/mol. The predicted molar refractivity (Wildman–Crippen MR) is 78.6 cm³/mol. The first kappa shape index (κ1) is 16.4. The van der Waals surface area contributed by atoms with E-state index in [1.54, 1.807) is 18.2 Å². The van der Waals surface area contributed by atoms with E-state index in [1.165, 1.54) is 0 Å². The molecule has 0 radical (unpaired) electrons. The molecular formula is C16H14F2N2O3. The molecule has 0 saturated heterocycles. The van der Waals surface area contributed by atoms with Gasteiger partial charge in [0.25, 0.3) is 11.8 Å². The first-order chi connectivity index (χ1) is 11.0. The molecule has 0 aliphatic carbocycles. The summed E-state index contributed by atoms with van der Waals surface area (Å²) in [5.74, 6) is -2.76. The summed E-state index contributed by atoms with van der Waals surface area (Å²) >= 11 is 0. The van der Waals surface area contributed by atoms with Gasteiger partial charge >= 0.3 is 0 Å². The van der Waals surface area contributed by atoms with Gasteiger partial charge < -0.3 is 4.74 Å². The van der Waals surface area contributed by atoms with Crippen LogP contribution in [0, 0.1) is 18.6 Å². The minimum Gasteiger partial charge on any atom is -0.484 e. The van der Waals surface area contributed by atoms with Crippen LogP contribution in [0.2, 0.25) is 0 Å². The number of ether oxygens (including phenoxy) is 1. The second-order valence-corrected chi connectivity index (χ2v) is 4.73. The Labute approximate surface area is 131 Å². The van der Waals surface area contributed by atoms with Crippen molar-refractivity contribution >= 4 is 11.8 Å². The van der Waals surface area contributed by atoms with Gasteiger partial charge in [-0.1, -0.05) is 12.1 Å². The first-order valence-electron chi connectivity index (χ1n) is 6.69. The van der Waals surface area contributed by atoms with Crippen molar-refractivity contribution in [3.63, 3.8) is 0 Å². The van der Waals surface area contributed by atoms with Gasteiger partial charge in [0.15, 0.2) is 6.61 Å². The van der Waals surface area contributed by atoms with Crippen molar-refractivity contribution in [3.8, 4) is 5.75 Å². The fourth-order valence-electron chi connectivity index (χ4n) is 1.76. The Morgan fingerprint density at radius 2 is 1.87 bits per heavy atom. The van der Waals surface area contributed by atoms with E-state index >= 15 is 0 Å². The molecule has 0 fully saturated rings. The molecule has 2 amide bonds. The van der Waals surface area contributed by atoms with Crippen molar-refractivity contribution in [1.82, 2.24) is 10.9 Å². The van der Waals surface area contributed by atoms with E-state index in [9.17, 15) is 18.4 Å². The number of rotatable bonds is 4. The fraction of sp³-hybridized carbons (Fsp3) is 0.125. The summed E-state index contributed by atoms with van der Waals surface area (Å²) in [4.78, 5) is 23.2. The minimum atomic E-state index is -0.967. The number of amides is 2. The highest BCUT2D eigenvalue weighted by Gasteiger charge is 2.13. The number of hydrogen-bond acceptors (Lipinski definition) is 3. The topological polar surface area (TPSA) is 67.4 Å². The van der Waals surface area contributed by atoms with E-state index in [0.717, 1.165) is 23.8 Å². The van der Waals surface area contributed by atoms with E-state index in [0.29, 0.717) is 5.75 Å². The maximum atomic E-state index is 13.4. The fourth-order valence-corrected chi connectivity index (χ4v) is 1.76. The normalized spacial score (nSPS) is 10.0. The average molecular weight is 320 g/mol. The van der Waals surface area contributed by atoms with E-state index in [2.05, 4.69) is 5.43 Å². The van der Waals surface area contributed by atoms with Crippen LogP contribution in [0.25, 0.3) is 0 Å². The van der Waals surface area contributed by atoms with Crippen molar-refractivity contribution in [2.75, 3.05) is 6.61 Å². The highest BCUT2D eigenvalue weighted by molar-refractivity contribution is 5.95. The molecule has 2 N–H and O–H groups in total. The van der Waals surface area contributed by atoms with Crippen molar-refractivity contribution in [1.29, 1.82) is 0 Å². The van der Waals surface area contributed by atoms with Crippen LogP contribution in [0.4, 0.5) is 8.78 Å².